The van der Waals surface area contributed by atoms with Crippen LogP contribution in [-0.4, -0.2) is 36.4 Å². The maximum Gasteiger partial charge on any atom is 0.300 e. The van der Waals surface area contributed by atoms with E-state index >= 15 is 0 Å². The van der Waals surface area contributed by atoms with Gasteiger partial charge in [0.05, 0.1) is 16.3 Å². The van der Waals surface area contributed by atoms with Crippen molar-refractivity contribution >= 4 is 29.0 Å². The highest BCUT2D eigenvalue weighted by Crippen LogP contribution is 2.32. The fraction of sp³-hybridized carbons (Fsp3) is 0.105. The number of aliphatic hydroxyl groups is 1. The van der Waals surface area contributed by atoms with Crippen LogP contribution in [0.25, 0.3) is 5.69 Å². The molecule has 148 valence electrons. The molecule has 9 nitrogen and oxygen atoms in total. The Morgan fingerprint density at radius 1 is 1.24 bits per heavy atom. The summed E-state index contributed by atoms with van der Waals surface area (Å²) in [4.78, 5) is 28.2. The van der Waals surface area contributed by atoms with Gasteiger partial charge in [0, 0.05) is 47.6 Å². The minimum absolute atomic E-state index is 0.0726. The van der Waals surface area contributed by atoms with Crippen molar-refractivity contribution in [3.63, 3.8) is 0 Å². The lowest BCUT2D eigenvalue weighted by Crippen LogP contribution is -2.08. The first-order valence-electron chi connectivity index (χ1n) is 8.32. The molecule has 1 atom stereocenters. The highest BCUT2D eigenvalue weighted by molar-refractivity contribution is 6.35. The highest BCUT2D eigenvalue weighted by atomic mass is 35.5. The largest absolute Gasteiger partial charge is 0.481 e. The van der Waals surface area contributed by atoms with Gasteiger partial charge in [-0.25, -0.2) is 9.98 Å². The molecule has 10 heteroatoms. The number of nitrogens with zero attached hydrogens (tertiary/aromatic N) is 4. The number of hydrogen-bond donors (Lipinski definition) is 2. The van der Waals surface area contributed by atoms with Crippen molar-refractivity contribution in [1.29, 1.82) is 0 Å². The minimum Gasteiger partial charge on any atom is -0.481 e. The van der Waals surface area contributed by atoms with E-state index < -0.39 is 17.1 Å². The molecule has 1 aliphatic rings. The standard InChI is InChI=1S/C17H11ClN4O3.C2H4O2/c18-13-4-2-1-3-11(13)15-12-9-10(22(24)25)5-6-14(12)21-8-7-19-16(21)17(23)20-15;1-2(3)4/h1-9,17,23H;1H3,(H,3,4). The molecular formula is C19H15ClN4O5. The van der Waals surface area contributed by atoms with Crippen LogP contribution in [0.2, 0.25) is 5.02 Å². The van der Waals surface area contributed by atoms with Crippen LogP contribution in [-0.2, 0) is 4.79 Å². The molecule has 1 aromatic heterocycles. The Kier molecular flexibility index (Phi) is 5.71. The van der Waals surface area contributed by atoms with E-state index in [1.165, 1.54) is 12.1 Å². The predicted molar refractivity (Wildman–Crippen MR) is 106 cm³/mol. The number of imidazole rings is 1. The van der Waals surface area contributed by atoms with Crippen molar-refractivity contribution in [2.45, 2.75) is 13.2 Å². The molecule has 2 heterocycles. The number of aromatic nitrogens is 2. The topological polar surface area (TPSA) is 131 Å². The zero-order chi connectivity index (χ0) is 21.1. The fourth-order valence-electron chi connectivity index (χ4n) is 2.86. The molecule has 3 aromatic rings. The Bertz CT molecular complexity index is 1120. The number of aliphatic imine (C=N–C) groups is 1. The molecule has 1 unspecified atom stereocenters. The average molecular weight is 415 g/mol. The second-order valence-electron chi connectivity index (χ2n) is 5.96. The van der Waals surface area contributed by atoms with Crippen LogP contribution in [0, 0.1) is 10.1 Å². The van der Waals surface area contributed by atoms with Gasteiger partial charge in [0.1, 0.15) is 0 Å². The minimum atomic E-state index is -1.22. The molecule has 29 heavy (non-hydrogen) atoms. The number of nitro benzene ring substituents is 1. The van der Waals surface area contributed by atoms with Gasteiger partial charge in [-0.3, -0.25) is 19.5 Å². The first-order chi connectivity index (χ1) is 13.8. The molecule has 0 saturated heterocycles. The Labute approximate surface area is 169 Å². The van der Waals surface area contributed by atoms with Crippen molar-refractivity contribution in [3.8, 4) is 5.69 Å². The Morgan fingerprint density at radius 2 is 1.93 bits per heavy atom. The summed E-state index contributed by atoms with van der Waals surface area (Å²) in [5.41, 5.74) is 2.01. The zero-order valence-corrected chi connectivity index (χ0v) is 15.8. The van der Waals surface area contributed by atoms with Crippen LogP contribution < -0.4 is 0 Å². The monoisotopic (exact) mass is 414 g/mol. The molecule has 0 radical (unpaired) electrons. The summed E-state index contributed by atoms with van der Waals surface area (Å²) in [6.45, 7) is 1.08. The fourth-order valence-corrected chi connectivity index (χ4v) is 3.09. The van der Waals surface area contributed by atoms with E-state index in [9.17, 15) is 15.2 Å². The van der Waals surface area contributed by atoms with Crippen LogP contribution in [0.4, 0.5) is 5.69 Å². The molecule has 0 spiro atoms. The lowest BCUT2D eigenvalue weighted by molar-refractivity contribution is -0.384. The number of non-ortho nitro benzene ring substituents is 1. The van der Waals surface area contributed by atoms with E-state index in [1.807, 2.05) is 0 Å². The normalized spacial score (nSPS) is 14.4. The van der Waals surface area contributed by atoms with E-state index in [0.717, 1.165) is 6.92 Å². The first kappa shape index (κ1) is 20.2. The number of carboxylic acids is 1. The Hall–Kier alpha value is -3.56. The number of carbonyl (C=O) groups is 1. The van der Waals surface area contributed by atoms with Crippen LogP contribution in [0.15, 0.2) is 59.9 Å². The molecule has 2 N–H and O–H groups in total. The van der Waals surface area contributed by atoms with E-state index in [1.54, 1.807) is 47.3 Å². The average Bonchev–Trinajstić information content (AvgIpc) is 3.11. The summed E-state index contributed by atoms with van der Waals surface area (Å²) in [6.07, 6.45) is 2.00. The summed E-state index contributed by atoms with van der Waals surface area (Å²) in [5, 5.41) is 29.5. The quantitative estimate of drug-likeness (QED) is 0.488. The summed E-state index contributed by atoms with van der Waals surface area (Å²) in [6, 6.07) is 11.5. The van der Waals surface area contributed by atoms with E-state index in [0.29, 0.717) is 33.4 Å². The van der Waals surface area contributed by atoms with Crippen molar-refractivity contribution in [2.75, 3.05) is 0 Å². The number of nitro groups is 1. The van der Waals surface area contributed by atoms with E-state index in [2.05, 4.69) is 9.98 Å². The van der Waals surface area contributed by atoms with Gasteiger partial charge in [-0.05, 0) is 12.1 Å². The molecule has 0 saturated carbocycles. The van der Waals surface area contributed by atoms with Gasteiger partial charge in [0.2, 0.25) is 6.23 Å². The Balaban J connectivity index is 0.000000552. The summed E-state index contributed by atoms with van der Waals surface area (Å²) >= 11 is 6.29. The molecule has 0 bridgehead atoms. The van der Waals surface area contributed by atoms with Crippen molar-refractivity contribution < 1.29 is 19.9 Å². The van der Waals surface area contributed by atoms with Gasteiger partial charge < -0.3 is 10.2 Å². The van der Waals surface area contributed by atoms with Gasteiger partial charge in [-0.2, -0.15) is 0 Å². The smallest absolute Gasteiger partial charge is 0.300 e. The molecule has 0 aliphatic carbocycles. The molecule has 2 aromatic carbocycles. The lowest BCUT2D eigenvalue weighted by Gasteiger charge is -2.12. The van der Waals surface area contributed by atoms with Crippen LogP contribution in [0.5, 0.6) is 0 Å². The van der Waals surface area contributed by atoms with Crippen LogP contribution in [0.3, 0.4) is 0 Å². The summed E-state index contributed by atoms with van der Waals surface area (Å²) < 4.78 is 1.66. The maximum atomic E-state index is 11.2. The van der Waals surface area contributed by atoms with Crippen LogP contribution in [0.1, 0.15) is 30.1 Å². The van der Waals surface area contributed by atoms with E-state index in [4.69, 9.17) is 21.5 Å². The Morgan fingerprint density at radius 3 is 2.59 bits per heavy atom. The van der Waals surface area contributed by atoms with Crippen LogP contribution >= 0.6 is 11.6 Å². The van der Waals surface area contributed by atoms with Gasteiger partial charge in [-0.1, -0.05) is 29.8 Å². The van der Waals surface area contributed by atoms with Gasteiger partial charge in [0.25, 0.3) is 11.7 Å². The number of rotatable bonds is 2. The van der Waals surface area contributed by atoms with Gasteiger partial charge in [-0.15, -0.1) is 0 Å². The predicted octanol–water partition coefficient (Wildman–Crippen LogP) is 3.37. The molecule has 0 amide bonds. The van der Waals surface area contributed by atoms with Crippen molar-refractivity contribution in [1.82, 2.24) is 9.55 Å². The number of halogens is 1. The third kappa shape index (κ3) is 4.15. The van der Waals surface area contributed by atoms with Gasteiger partial charge >= 0.3 is 0 Å². The number of aliphatic hydroxyl groups excluding tert-OH is 1. The SMILES string of the molecule is CC(=O)O.O=[N+]([O-])c1ccc2c(c1)C(c1ccccc1Cl)=NC(O)c1nccn1-2. The first-order valence-corrected chi connectivity index (χ1v) is 8.70. The summed E-state index contributed by atoms with van der Waals surface area (Å²) in [5.74, 6) is -0.503. The number of carboxylic acid groups (broad SMARTS) is 1. The number of fused-ring (bicyclic) bond motifs is 3. The number of benzene rings is 2. The lowest BCUT2D eigenvalue weighted by atomic mass is 9.99. The van der Waals surface area contributed by atoms with E-state index in [-0.39, 0.29) is 5.69 Å². The zero-order valence-electron chi connectivity index (χ0n) is 15.1. The molecule has 0 fully saturated rings. The third-order valence-electron chi connectivity index (χ3n) is 3.99. The molecule has 4 rings (SSSR count). The van der Waals surface area contributed by atoms with Crippen molar-refractivity contribution in [2.24, 2.45) is 4.99 Å². The number of hydrogen-bond acceptors (Lipinski definition) is 6. The number of aliphatic carboxylic acids is 1. The van der Waals surface area contributed by atoms with Crippen molar-refractivity contribution in [3.05, 3.63) is 86.9 Å². The summed E-state index contributed by atoms with van der Waals surface area (Å²) in [7, 11) is 0. The second-order valence-corrected chi connectivity index (χ2v) is 6.37. The highest BCUT2D eigenvalue weighted by Gasteiger charge is 2.26. The second kappa shape index (κ2) is 8.21. The maximum absolute atomic E-state index is 11.2. The molecular weight excluding hydrogens is 400 g/mol. The third-order valence-corrected chi connectivity index (χ3v) is 4.32. The molecule has 1 aliphatic heterocycles. The van der Waals surface area contributed by atoms with Gasteiger partial charge in [0.15, 0.2) is 5.82 Å².